The summed E-state index contributed by atoms with van der Waals surface area (Å²) >= 11 is 0. The second-order valence-electron chi connectivity index (χ2n) is 6.40. The third-order valence-electron chi connectivity index (χ3n) is 4.35. The maximum atomic E-state index is 12.7. The molecule has 1 aromatic rings. The van der Waals surface area contributed by atoms with Crippen molar-refractivity contribution >= 4 is 15.7 Å². The first kappa shape index (κ1) is 18.0. The summed E-state index contributed by atoms with van der Waals surface area (Å²) in [5.74, 6) is -0.429. The number of hydrogen-bond donors (Lipinski definition) is 0. The number of hydrogen-bond acceptors (Lipinski definition) is 4. The Morgan fingerprint density at radius 2 is 1.92 bits per heavy atom. The van der Waals surface area contributed by atoms with Gasteiger partial charge in [-0.25, -0.2) is 8.42 Å². The van der Waals surface area contributed by atoms with E-state index < -0.39 is 28.2 Å². The normalized spacial score (nSPS) is 22.6. The highest BCUT2D eigenvalue weighted by Gasteiger charge is 2.42. The van der Waals surface area contributed by atoms with E-state index in [4.69, 9.17) is 4.74 Å². The van der Waals surface area contributed by atoms with E-state index in [1.54, 1.807) is 4.90 Å². The smallest absolute Gasteiger partial charge is 0.416 e. The number of benzene rings is 1. The van der Waals surface area contributed by atoms with Crippen LogP contribution >= 0.6 is 0 Å². The minimum atomic E-state index is -4.48. The Bertz CT molecular complexity index is 759. The lowest BCUT2D eigenvalue weighted by molar-refractivity contribution is -0.137. The van der Waals surface area contributed by atoms with Crippen molar-refractivity contribution in [2.75, 3.05) is 18.1 Å². The zero-order chi connectivity index (χ0) is 18.2. The Morgan fingerprint density at radius 3 is 2.48 bits per heavy atom. The molecule has 0 aromatic heterocycles. The van der Waals surface area contributed by atoms with Gasteiger partial charge in [-0.3, -0.25) is 4.79 Å². The summed E-state index contributed by atoms with van der Waals surface area (Å²) in [7, 11) is -3.13. The Kier molecular flexibility index (Phi) is 4.70. The summed E-state index contributed by atoms with van der Waals surface area (Å²) in [5.41, 5.74) is -0.849. The first-order chi connectivity index (χ1) is 11.7. The molecule has 2 aliphatic rings. The van der Waals surface area contributed by atoms with Gasteiger partial charge in [0.2, 0.25) is 0 Å². The van der Waals surface area contributed by atoms with Crippen LogP contribution in [0.3, 0.4) is 0 Å². The number of amides is 1. The van der Waals surface area contributed by atoms with Crippen LogP contribution in [0.15, 0.2) is 24.3 Å². The van der Waals surface area contributed by atoms with Crippen LogP contribution in [0.25, 0.3) is 0 Å². The van der Waals surface area contributed by atoms with Crippen LogP contribution in [-0.4, -0.2) is 49.4 Å². The quantitative estimate of drug-likeness (QED) is 0.790. The van der Waals surface area contributed by atoms with Crippen LogP contribution in [0.5, 0.6) is 5.75 Å². The Labute approximate surface area is 143 Å². The summed E-state index contributed by atoms with van der Waals surface area (Å²) in [4.78, 5) is 14.0. The number of halogens is 3. The van der Waals surface area contributed by atoms with Gasteiger partial charge in [-0.2, -0.15) is 13.2 Å². The molecule has 1 aliphatic heterocycles. The lowest BCUT2D eigenvalue weighted by Crippen LogP contribution is -2.45. The summed E-state index contributed by atoms with van der Waals surface area (Å²) in [6, 6.07) is 3.98. The van der Waals surface area contributed by atoms with Crippen molar-refractivity contribution in [1.29, 1.82) is 0 Å². The van der Waals surface area contributed by atoms with Crippen LogP contribution in [0, 0.1) is 0 Å². The maximum Gasteiger partial charge on any atom is 0.416 e. The SMILES string of the molecule is O=C(COc1cccc(C(F)(F)F)c1)N(C1CC1)C1CCS(=O)(=O)C1. The van der Waals surface area contributed by atoms with Gasteiger partial charge < -0.3 is 9.64 Å². The number of carbonyl (C=O) groups excluding carboxylic acids is 1. The van der Waals surface area contributed by atoms with E-state index in [0.29, 0.717) is 6.42 Å². The van der Waals surface area contributed by atoms with Gasteiger partial charge in [-0.1, -0.05) is 6.07 Å². The monoisotopic (exact) mass is 377 g/mol. The molecule has 5 nitrogen and oxygen atoms in total. The maximum absolute atomic E-state index is 12.7. The largest absolute Gasteiger partial charge is 0.484 e. The van der Waals surface area contributed by atoms with Gasteiger partial charge in [0, 0.05) is 12.1 Å². The summed E-state index contributed by atoms with van der Waals surface area (Å²) < 4.78 is 66.6. The van der Waals surface area contributed by atoms with Crippen molar-refractivity contribution in [3.63, 3.8) is 0 Å². The van der Waals surface area contributed by atoms with Gasteiger partial charge in [0.25, 0.3) is 5.91 Å². The molecule has 1 aliphatic carbocycles. The average Bonchev–Trinajstić information content (AvgIpc) is 3.28. The molecule has 9 heteroatoms. The number of nitrogens with zero attached hydrogens (tertiary/aromatic N) is 1. The molecule has 1 saturated heterocycles. The van der Waals surface area contributed by atoms with E-state index in [1.807, 2.05) is 0 Å². The molecule has 25 heavy (non-hydrogen) atoms. The van der Waals surface area contributed by atoms with Gasteiger partial charge in [-0.15, -0.1) is 0 Å². The van der Waals surface area contributed by atoms with E-state index >= 15 is 0 Å². The van der Waals surface area contributed by atoms with E-state index in [-0.39, 0.29) is 35.2 Å². The molecule has 3 rings (SSSR count). The molecular formula is C16H18F3NO4S. The second-order valence-corrected chi connectivity index (χ2v) is 8.63. The predicted molar refractivity (Wildman–Crippen MR) is 83.9 cm³/mol. The number of ether oxygens (including phenoxy) is 1. The van der Waals surface area contributed by atoms with Crippen LogP contribution in [-0.2, 0) is 20.8 Å². The highest BCUT2D eigenvalue weighted by Crippen LogP contribution is 2.33. The third-order valence-corrected chi connectivity index (χ3v) is 6.10. The molecule has 1 heterocycles. The number of carbonyl (C=O) groups is 1. The molecule has 1 unspecified atom stereocenters. The van der Waals surface area contributed by atoms with Crippen molar-refractivity contribution in [3.05, 3.63) is 29.8 Å². The Balaban J connectivity index is 1.65. The van der Waals surface area contributed by atoms with Gasteiger partial charge in [0.1, 0.15) is 5.75 Å². The lowest BCUT2D eigenvalue weighted by atomic mass is 10.2. The van der Waals surface area contributed by atoms with Gasteiger partial charge in [-0.05, 0) is 37.5 Å². The van der Waals surface area contributed by atoms with Crippen molar-refractivity contribution in [3.8, 4) is 5.75 Å². The minimum Gasteiger partial charge on any atom is -0.484 e. The first-order valence-corrected chi connectivity index (χ1v) is 9.79. The fraction of sp³-hybridized carbons (Fsp3) is 0.562. The molecule has 0 spiro atoms. The van der Waals surface area contributed by atoms with Gasteiger partial charge >= 0.3 is 6.18 Å². The molecule has 0 radical (unpaired) electrons. The number of rotatable bonds is 5. The van der Waals surface area contributed by atoms with Crippen molar-refractivity contribution in [1.82, 2.24) is 4.90 Å². The van der Waals surface area contributed by atoms with Crippen molar-refractivity contribution in [2.45, 2.75) is 37.5 Å². The first-order valence-electron chi connectivity index (χ1n) is 7.97. The van der Waals surface area contributed by atoms with Crippen LogP contribution < -0.4 is 4.74 Å². The molecule has 1 saturated carbocycles. The fourth-order valence-corrected chi connectivity index (χ4v) is 4.75. The summed E-state index contributed by atoms with van der Waals surface area (Å²) in [6.45, 7) is -0.408. The van der Waals surface area contributed by atoms with E-state index in [1.165, 1.54) is 12.1 Å². The molecule has 0 bridgehead atoms. The standard InChI is InChI=1S/C16H18F3NO4S/c17-16(18,19)11-2-1-3-14(8-11)24-9-15(21)20(12-4-5-12)13-6-7-25(22,23)10-13/h1-3,8,12-13H,4-7,9-10H2. The molecule has 1 amide bonds. The molecule has 138 valence electrons. The fourth-order valence-electron chi connectivity index (χ4n) is 3.03. The van der Waals surface area contributed by atoms with Crippen LogP contribution in [0.1, 0.15) is 24.8 Å². The third kappa shape index (κ3) is 4.45. The molecule has 0 N–H and O–H groups in total. The van der Waals surface area contributed by atoms with E-state index in [2.05, 4.69) is 0 Å². The minimum absolute atomic E-state index is 0.0101. The van der Waals surface area contributed by atoms with Crippen molar-refractivity contribution < 1.29 is 31.1 Å². The second kappa shape index (κ2) is 6.51. The molecule has 1 aromatic carbocycles. The predicted octanol–water partition coefficient (Wildman–Crippen LogP) is 2.26. The zero-order valence-corrected chi connectivity index (χ0v) is 14.1. The Morgan fingerprint density at radius 1 is 1.20 bits per heavy atom. The van der Waals surface area contributed by atoms with E-state index in [9.17, 15) is 26.4 Å². The number of alkyl halides is 3. The number of sulfone groups is 1. The van der Waals surface area contributed by atoms with Crippen LogP contribution in [0.2, 0.25) is 0 Å². The van der Waals surface area contributed by atoms with Crippen molar-refractivity contribution in [2.24, 2.45) is 0 Å². The topological polar surface area (TPSA) is 63.7 Å². The highest BCUT2D eigenvalue weighted by molar-refractivity contribution is 7.91. The van der Waals surface area contributed by atoms with Gasteiger partial charge in [0.15, 0.2) is 16.4 Å². The van der Waals surface area contributed by atoms with E-state index in [0.717, 1.165) is 25.0 Å². The summed E-state index contributed by atoms with van der Waals surface area (Å²) in [6.07, 6.45) is -2.46. The molecular weight excluding hydrogens is 359 g/mol. The summed E-state index contributed by atoms with van der Waals surface area (Å²) in [5, 5.41) is 0. The molecule has 1 atom stereocenters. The highest BCUT2D eigenvalue weighted by atomic mass is 32.2. The Hall–Kier alpha value is -1.77. The lowest BCUT2D eigenvalue weighted by Gasteiger charge is -2.28. The zero-order valence-electron chi connectivity index (χ0n) is 13.3. The van der Waals surface area contributed by atoms with Gasteiger partial charge in [0.05, 0.1) is 17.1 Å². The average molecular weight is 377 g/mol. The van der Waals surface area contributed by atoms with Crippen LogP contribution in [0.4, 0.5) is 13.2 Å². The molecule has 2 fully saturated rings.